The summed E-state index contributed by atoms with van der Waals surface area (Å²) in [5.74, 6) is -0.579. The topological polar surface area (TPSA) is 64.6 Å². The van der Waals surface area contributed by atoms with Gasteiger partial charge in [0.25, 0.3) is 0 Å². The number of carbonyl (C=O) groups is 2. The zero-order chi connectivity index (χ0) is 16.2. The van der Waals surface area contributed by atoms with Gasteiger partial charge in [0.15, 0.2) is 0 Å². The maximum atomic E-state index is 12.0. The minimum absolute atomic E-state index is 0.253. The van der Waals surface area contributed by atoms with E-state index in [-0.39, 0.29) is 17.9 Å². The second-order valence-electron chi connectivity index (χ2n) is 6.51. The molecule has 0 aliphatic carbocycles. The molecular weight excluding hydrogens is 282 g/mol. The van der Waals surface area contributed by atoms with E-state index in [9.17, 15) is 9.59 Å². The van der Waals surface area contributed by atoms with E-state index in [2.05, 4.69) is 5.32 Å². The van der Waals surface area contributed by atoms with Gasteiger partial charge in [0, 0.05) is 6.04 Å². The zero-order valence-corrected chi connectivity index (χ0v) is 13.3. The Bertz CT molecular complexity index is 521. The minimum atomic E-state index is -0.572. The summed E-state index contributed by atoms with van der Waals surface area (Å²) >= 11 is 0. The van der Waals surface area contributed by atoms with E-state index in [1.807, 2.05) is 51.1 Å². The number of nitrogens with one attached hydrogen (secondary N) is 1. The van der Waals surface area contributed by atoms with Crippen molar-refractivity contribution in [3.05, 3.63) is 35.9 Å². The molecule has 0 aromatic heterocycles. The molecule has 5 nitrogen and oxygen atoms in total. The lowest BCUT2D eigenvalue weighted by Gasteiger charge is -2.25. The molecule has 1 fully saturated rings. The van der Waals surface area contributed by atoms with E-state index in [1.54, 1.807) is 0 Å². The van der Waals surface area contributed by atoms with Gasteiger partial charge in [-0.3, -0.25) is 4.79 Å². The van der Waals surface area contributed by atoms with Crippen LogP contribution in [0, 0.1) is 5.92 Å². The van der Waals surface area contributed by atoms with Crippen molar-refractivity contribution >= 4 is 12.1 Å². The lowest BCUT2D eigenvalue weighted by Crippen LogP contribution is -2.45. The van der Waals surface area contributed by atoms with Crippen LogP contribution in [-0.2, 0) is 20.7 Å². The van der Waals surface area contributed by atoms with Gasteiger partial charge in [-0.2, -0.15) is 0 Å². The maximum absolute atomic E-state index is 12.0. The molecule has 1 amide bonds. The molecule has 2 atom stereocenters. The summed E-state index contributed by atoms with van der Waals surface area (Å²) in [7, 11) is 0. The number of rotatable bonds is 4. The standard InChI is InChI=1S/C17H23NO4/c1-17(2,3)22-16(20)18-14(13-9-10-21-15(13)19)11-12-7-5-4-6-8-12/h4-8,13-14H,9-11H2,1-3H3,(H,18,20)/t13-,14-/m0/s1. The Morgan fingerprint density at radius 2 is 2.05 bits per heavy atom. The van der Waals surface area contributed by atoms with Crippen molar-refractivity contribution in [2.24, 2.45) is 5.92 Å². The highest BCUT2D eigenvalue weighted by Crippen LogP contribution is 2.22. The molecule has 0 radical (unpaired) electrons. The van der Waals surface area contributed by atoms with Crippen LogP contribution in [0.1, 0.15) is 32.8 Å². The van der Waals surface area contributed by atoms with E-state index in [4.69, 9.17) is 9.47 Å². The highest BCUT2D eigenvalue weighted by Gasteiger charge is 2.36. The lowest BCUT2D eigenvalue weighted by molar-refractivity contribution is -0.141. The Labute approximate surface area is 131 Å². The molecule has 1 aromatic rings. The molecule has 2 rings (SSSR count). The van der Waals surface area contributed by atoms with Gasteiger partial charge < -0.3 is 14.8 Å². The predicted octanol–water partition coefficient (Wildman–Crippen LogP) is 2.69. The molecule has 1 saturated heterocycles. The molecule has 1 aromatic carbocycles. The third-order valence-electron chi connectivity index (χ3n) is 3.46. The summed E-state index contributed by atoms with van der Waals surface area (Å²) in [6, 6.07) is 9.43. The average molecular weight is 305 g/mol. The summed E-state index contributed by atoms with van der Waals surface area (Å²) in [5, 5.41) is 2.83. The average Bonchev–Trinajstić information content (AvgIpc) is 2.83. The Balaban J connectivity index is 2.08. The SMILES string of the molecule is CC(C)(C)OC(=O)N[C@@H](Cc1ccccc1)[C@@H]1CCOC1=O. The van der Waals surface area contributed by atoms with Crippen molar-refractivity contribution in [3.63, 3.8) is 0 Å². The number of ether oxygens (including phenoxy) is 2. The summed E-state index contributed by atoms with van der Waals surface area (Å²) in [5.41, 5.74) is 0.487. The number of hydrogen-bond acceptors (Lipinski definition) is 4. The number of hydrogen-bond donors (Lipinski definition) is 1. The first-order chi connectivity index (χ1) is 10.3. The second-order valence-corrected chi connectivity index (χ2v) is 6.51. The summed E-state index contributed by atoms with van der Waals surface area (Å²) < 4.78 is 10.3. The molecule has 0 unspecified atom stereocenters. The molecule has 1 heterocycles. The van der Waals surface area contributed by atoms with Crippen LogP contribution in [0.4, 0.5) is 4.79 Å². The molecule has 1 aliphatic heterocycles. The highest BCUT2D eigenvalue weighted by molar-refractivity contribution is 5.76. The molecule has 0 bridgehead atoms. The molecule has 0 saturated carbocycles. The number of esters is 1. The quantitative estimate of drug-likeness (QED) is 0.869. The van der Waals surface area contributed by atoms with Crippen LogP contribution in [0.15, 0.2) is 30.3 Å². The van der Waals surface area contributed by atoms with Crippen LogP contribution in [0.3, 0.4) is 0 Å². The summed E-state index contributed by atoms with van der Waals surface area (Å²) in [6.45, 7) is 5.83. The van der Waals surface area contributed by atoms with Crippen LogP contribution in [0.2, 0.25) is 0 Å². The van der Waals surface area contributed by atoms with E-state index in [0.717, 1.165) is 5.56 Å². The summed E-state index contributed by atoms with van der Waals surface area (Å²) in [4.78, 5) is 23.9. The Kier molecular flexibility index (Phi) is 5.06. The molecule has 120 valence electrons. The fraction of sp³-hybridized carbons (Fsp3) is 0.529. The summed E-state index contributed by atoms with van der Waals surface area (Å²) in [6.07, 6.45) is 0.680. The smallest absolute Gasteiger partial charge is 0.407 e. The Morgan fingerprint density at radius 1 is 1.36 bits per heavy atom. The van der Waals surface area contributed by atoms with Crippen molar-refractivity contribution < 1.29 is 19.1 Å². The molecule has 1 aliphatic rings. The van der Waals surface area contributed by atoms with Crippen LogP contribution in [-0.4, -0.2) is 30.3 Å². The van der Waals surface area contributed by atoms with Crippen molar-refractivity contribution in [2.45, 2.75) is 45.3 Å². The van der Waals surface area contributed by atoms with Gasteiger partial charge in [0.05, 0.1) is 12.5 Å². The first kappa shape index (κ1) is 16.3. The number of amides is 1. The fourth-order valence-corrected chi connectivity index (χ4v) is 2.50. The molecule has 1 N–H and O–H groups in total. The fourth-order valence-electron chi connectivity index (χ4n) is 2.50. The number of cyclic esters (lactones) is 1. The third kappa shape index (κ3) is 4.76. The number of alkyl carbamates (subject to hydrolysis) is 1. The van der Waals surface area contributed by atoms with Gasteiger partial charge in [0.2, 0.25) is 0 Å². The largest absolute Gasteiger partial charge is 0.465 e. The minimum Gasteiger partial charge on any atom is -0.465 e. The lowest BCUT2D eigenvalue weighted by atomic mass is 9.92. The van der Waals surface area contributed by atoms with Crippen molar-refractivity contribution in [2.75, 3.05) is 6.61 Å². The molecule has 22 heavy (non-hydrogen) atoms. The normalized spacial score (nSPS) is 19.4. The van der Waals surface area contributed by atoms with Gasteiger partial charge in [-0.05, 0) is 39.2 Å². The van der Waals surface area contributed by atoms with Crippen molar-refractivity contribution in [1.29, 1.82) is 0 Å². The zero-order valence-electron chi connectivity index (χ0n) is 13.3. The highest BCUT2D eigenvalue weighted by atomic mass is 16.6. The number of carbonyl (C=O) groups excluding carboxylic acids is 2. The molecule has 5 heteroatoms. The van der Waals surface area contributed by atoms with Gasteiger partial charge in [-0.25, -0.2) is 4.79 Å². The first-order valence-corrected chi connectivity index (χ1v) is 7.55. The van der Waals surface area contributed by atoms with Crippen LogP contribution >= 0.6 is 0 Å². The van der Waals surface area contributed by atoms with E-state index in [1.165, 1.54) is 0 Å². The third-order valence-corrected chi connectivity index (χ3v) is 3.46. The number of benzene rings is 1. The predicted molar refractivity (Wildman–Crippen MR) is 82.4 cm³/mol. The monoisotopic (exact) mass is 305 g/mol. The maximum Gasteiger partial charge on any atom is 0.407 e. The Morgan fingerprint density at radius 3 is 2.59 bits per heavy atom. The van der Waals surface area contributed by atoms with Crippen molar-refractivity contribution in [3.8, 4) is 0 Å². The van der Waals surface area contributed by atoms with Crippen LogP contribution in [0.25, 0.3) is 0 Å². The second kappa shape index (κ2) is 6.81. The van der Waals surface area contributed by atoms with E-state index in [0.29, 0.717) is 19.4 Å². The first-order valence-electron chi connectivity index (χ1n) is 7.55. The molecule has 0 spiro atoms. The van der Waals surface area contributed by atoms with Gasteiger partial charge in [-0.1, -0.05) is 30.3 Å². The van der Waals surface area contributed by atoms with Crippen LogP contribution < -0.4 is 5.32 Å². The van der Waals surface area contributed by atoms with Gasteiger partial charge in [-0.15, -0.1) is 0 Å². The Hall–Kier alpha value is -2.04. The van der Waals surface area contributed by atoms with Crippen LogP contribution in [0.5, 0.6) is 0 Å². The van der Waals surface area contributed by atoms with E-state index < -0.39 is 11.7 Å². The van der Waals surface area contributed by atoms with Crippen molar-refractivity contribution in [1.82, 2.24) is 5.32 Å². The molecular formula is C17H23NO4. The van der Waals surface area contributed by atoms with Gasteiger partial charge in [0.1, 0.15) is 5.60 Å². The van der Waals surface area contributed by atoms with E-state index >= 15 is 0 Å². The van der Waals surface area contributed by atoms with Gasteiger partial charge >= 0.3 is 12.1 Å².